The Morgan fingerprint density at radius 1 is 1.08 bits per heavy atom. The van der Waals surface area contributed by atoms with Crippen LogP contribution in [0.1, 0.15) is 19.4 Å². The number of rotatable bonds is 5. The largest absolute Gasteiger partial charge is 0.494 e. The molecule has 1 aliphatic rings. The Morgan fingerprint density at radius 2 is 1.83 bits per heavy atom. The van der Waals surface area contributed by atoms with Crippen molar-refractivity contribution in [2.75, 3.05) is 13.2 Å². The van der Waals surface area contributed by atoms with E-state index in [0.29, 0.717) is 23.9 Å². The minimum atomic E-state index is -0.384. The molecule has 1 saturated heterocycles. The van der Waals surface area contributed by atoms with E-state index in [0.717, 1.165) is 33.8 Å². The molecule has 1 fully saturated rings. The van der Waals surface area contributed by atoms with Crippen LogP contribution in [0.25, 0.3) is 16.8 Å². The molecule has 0 spiro atoms. The number of benzene rings is 2. The molecule has 1 heterocycles. The lowest BCUT2D eigenvalue weighted by molar-refractivity contribution is -0.115. The monoisotopic (exact) mass is 343 g/mol. The maximum absolute atomic E-state index is 11.9. The molecule has 2 amide bonds. The molecular formula is C18H17NO4S. The Bertz CT molecular complexity index is 839. The van der Waals surface area contributed by atoms with Crippen molar-refractivity contribution in [3.8, 4) is 11.5 Å². The summed E-state index contributed by atoms with van der Waals surface area (Å²) in [6.07, 6.45) is 1.70. The number of thioether (sulfide) groups is 1. The van der Waals surface area contributed by atoms with Gasteiger partial charge in [0, 0.05) is 5.56 Å². The first-order valence-electron chi connectivity index (χ1n) is 7.69. The second-order valence-corrected chi connectivity index (χ2v) is 6.09. The van der Waals surface area contributed by atoms with Gasteiger partial charge in [-0.2, -0.15) is 0 Å². The molecule has 2 aromatic rings. The SMILES string of the molecule is CCOc1ccc2ccc(OCC)c(/C=C3/SC(=O)NC3=O)c2c1. The molecule has 0 aliphatic carbocycles. The first kappa shape index (κ1) is 16.4. The van der Waals surface area contributed by atoms with Gasteiger partial charge >= 0.3 is 0 Å². The average molecular weight is 343 g/mol. The Morgan fingerprint density at radius 3 is 2.50 bits per heavy atom. The molecule has 0 radical (unpaired) electrons. The average Bonchev–Trinajstić information content (AvgIpc) is 2.88. The zero-order valence-electron chi connectivity index (χ0n) is 13.4. The maximum Gasteiger partial charge on any atom is 0.290 e. The van der Waals surface area contributed by atoms with Gasteiger partial charge in [-0.05, 0) is 60.7 Å². The van der Waals surface area contributed by atoms with Crippen molar-refractivity contribution in [2.24, 2.45) is 0 Å². The Hall–Kier alpha value is -2.47. The fourth-order valence-electron chi connectivity index (χ4n) is 2.54. The van der Waals surface area contributed by atoms with E-state index < -0.39 is 0 Å². The van der Waals surface area contributed by atoms with Gasteiger partial charge in [-0.1, -0.05) is 12.1 Å². The van der Waals surface area contributed by atoms with Crippen molar-refractivity contribution in [2.45, 2.75) is 13.8 Å². The van der Waals surface area contributed by atoms with Crippen molar-refractivity contribution < 1.29 is 19.1 Å². The first-order chi connectivity index (χ1) is 11.6. The fourth-order valence-corrected chi connectivity index (χ4v) is 3.20. The third-order valence-corrected chi connectivity index (χ3v) is 4.33. The van der Waals surface area contributed by atoms with Crippen LogP contribution in [0.5, 0.6) is 11.5 Å². The quantitative estimate of drug-likeness (QED) is 0.833. The van der Waals surface area contributed by atoms with E-state index in [9.17, 15) is 9.59 Å². The third-order valence-electron chi connectivity index (χ3n) is 3.52. The van der Waals surface area contributed by atoms with Crippen LogP contribution in [0.3, 0.4) is 0 Å². The molecule has 124 valence electrons. The molecule has 5 nitrogen and oxygen atoms in total. The predicted octanol–water partition coefficient (Wildman–Crippen LogP) is 3.96. The Kier molecular flexibility index (Phi) is 4.76. The summed E-state index contributed by atoms with van der Waals surface area (Å²) in [5, 5.41) is 3.82. The summed E-state index contributed by atoms with van der Waals surface area (Å²) in [5.74, 6) is 1.03. The van der Waals surface area contributed by atoms with Crippen molar-refractivity contribution in [1.29, 1.82) is 0 Å². The van der Waals surface area contributed by atoms with Crippen molar-refractivity contribution in [1.82, 2.24) is 5.32 Å². The summed E-state index contributed by atoms with van der Waals surface area (Å²) in [5.41, 5.74) is 0.767. The second-order valence-electron chi connectivity index (χ2n) is 5.08. The van der Waals surface area contributed by atoms with Gasteiger partial charge in [0.25, 0.3) is 11.1 Å². The Balaban J connectivity index is 2.19. The van der Waals surface area contributed by atoms with Gasteiger partial charge in [-0.25, -0.2) is 0 Å². The van der Waals surface area contributed by atoms with E-state index in [-0.39, 0.29) is 11.1 Å². The molecule has 2 aromatic carbocycles. The van der Waals surface area contributed by atoms with Crippen LogP contribution in [0.2, 0.25) is 0 Å². The minimum absolute atomic E-state index is 0.357. The number of nitrogens with one attached hydrogen (secondary N) is 1. The maximum atomic E-state index is 11.9. The van der Waals surface area contributed by atoms with E-state index >= 15 is 0 Å². The lowest BCUT2D eigenvalue weighted by atomic mass is 10.0. The highest BCUT2D eigenvalue weighted by atomic mass is 32.2. The van der Waals surface area contributed by atoms with E-state index in [2.05, 4.69) is 5.32 Å². The van der Waals surface area contributed by atoms with Crippen LogP contribution >= 0.6 is 11.8 Å². The van der Waals surface area contributed by atoms with E-state index in [1.807, 2.05) is 44.2 Å². The van der Waals surface area contributed by atoms with Crippen LogP contribution in [0.15, 0.2) is 35.2 Å². The number of ether oxygens (including phenoxy) is 2. The summed E-state index contributed by atoms with van der Waals surface area (Å²) in [4.78, 5) is 23.6. The standard InChI is InChI=1S/C18H17NO4S/c1-3-22-12-7-5-11-6-8-15(23-4-2)14(13(11)9-12)10-16-17(20)19-18(21)24-16/h5-10H,3-4H2,1-2H3,(H,19,20,21)/b16-10+. The lowest BCUT2D eigenvalue weighted by Crippen LogP contribution is -2.17. The minimum Gasteiger partial charge on any atom is -0.494 e. The molecule has 1 N–H and O–H groups in total. The van der Waals surface area contributed by atoms with Gasteiger partial charge in [0.05, 0.1) is 18.1 Å². The first-order valence-corrected chi connectivity index (χ1v) is 8.51. The highest BCUT2D eigenvalue weighted by Gasteiger charge is 2.25. The topological polar surface area (TPSA) is 64.6 Å². The van der Waals surface area contributed by atoms with Gasteiger partial charge < -0.3 is 9.47 Å². The summed E-state index contributed by atoms with van der Waals surface area (Å²) in [6.45, 7) is 4.90. The van der Waals surface area contributed by atoms with Crippen LogP contribution in [-0.4, -0.2) is 24.4 Å². The van der Waals surface area contributed by atoms with Gasteiger partial charge in [0.2, 0.25) is 0 Å². The fraction of sp³-hybridized carbons (Fsp3) is 0.222. The lowest BCUT2D eigenvalue weighted by Gasteiger charge is -2.12. The number of carbonyl (C=O) groups is 2. The van der Waals surface area contributed by atoms with Gasteiger partial charge in [-0.15, -0.1) is 0 Å². The van der Waals surface area contributed by atoms with Crippen molar-refractivity contribution in [3.05, 3.63) is 40.8 Å². The molecule has 0 saturated carbocycles. The number of imide groups is 1. The highest BCUT2D eigenvalue weighted by Crippen LogP contribution is 2.35. The van der Waals surface area contributed by atoms with Crippen molar-refractivity contribution in [3.63, 3.8) is 0 Å². The van der Waals surface area contributed by atoms with Crippen molar-refractivity contribution >= 4 is 39.8 Å². The summed E-state index contributed by atoms with van der Waals surface area (Å²) >= 11 is 0.893. The van der Waals surface area contributed by atoms with Gasteiger partial charge in [0.15, 0.2) is 0 Å². The number of amides is 2. The van der Waals surface area contributed by atoms with Crippen LogP contribution in [-0.2, 0) is 4.79 Å². The normalized spacial score (nSPS) is 15.8. The van der Waals surface area contributed by atoms with Gasteiger partial charge in [-0.3, -0.25) is 14.9 Å². The molecule has 1 aliphatic heterocycles. The van der Waals surface area contributed by atoms with Gasteiger partial charge in [0.1, 0.15) is 11.5 Å². The number of hydrogen-bond donors (Lipinski definition) is 1. The van der Waals surface area contributed by atoms with E-state index in [4.69, 9.17) is 9.47 Å². The third kappa shape index (κ3) is 3.23. The van der Waals surface area contributed by atoms with Crippen LogP contribution < -0.4 is 14.8 Å². The summed E-state index contributed by atoms with van der Waals surface area (Å²) in [7, 11) is 0. The summed E-state index contributed by atoms with van der Waals surface area (Å²) < 4.78 is 11.3. The number of carbonyl (C=O) groups excluding carboxylic acids is 2. The molecule has 0 atom stereocenters. The smallest absolute Gasteiger partial charge is 0.290 e. The molecule has 0 aromatic heterocycles. The van der Waals surface area contributed by atoms with Crippen LogP contribution in [0.4, 0.5) is 4.79 Å². The molecule has 0 bridgehead atoms. The van der Waals surface area contributed by atoms with Crippen LogP contribution in [0, 0.1) is 0 Å². The summed E-state index contributed by atoms with van der Waals surface area (Å²) in [6, 6.07) is 9.63. The molecule has 6 heteroatoms. The number of hydrogen-bond acceptors (Lipinski definition) is 5. The molecular weight excluding hydrogens is 326 g/mol. The Labute approximate surface area is 144 Å². The zero-order valence-corrected chi connectivity index (χ0v) is 14.2. The molecule has 0 unspecified atom stereocenters. The molecule has 24 heavy (non-hydrogen) atoms. The molecule has 3 rings (SSSR count). The van der Waals surface area contributed by atoms with E-state index in [1.165, 1.54) is 0 Å². The predicted molar refractivity (Wildman–Crippen MR) is 95.4 cm³/mol. The highest BCUT2D eigenvalue weighted by molar-refractivity contribution is 8.18. The van der Waals surface area contributed by atoms with E-state index in [1.54, 1.807) is 6.08 Å². The second kappa shape index (κ2) is 6.97. The zero-order chi connectivity index (χ0) is 17.1. The number of fused-ring (bicyclic) bond motifs is 1.